The Kier molecular flexibility index (Phi) is 7.15. The summed E-state index contributed by atoms with van der Waals surface area (Å²) in [4.78, 5) is 39.8. The van der Waals surface area contributed by atoms with Crippen molar-refractivity contribution >= 4 is 23.5 Å². The molecule has 9 heteroatoms. The predicted molar refractivity (Wildman–Crippen MR) is 144 cm³/mol. The number of nitrogens with one attached hydrogen (secondary N) is 1. The molecule has 2 fully saturated rings. The minimum absolute atomic E-state index is 0.0250. The van der Waals surface area contributed by atoms with E-state index in [-0.39, 0.29) is 41.7 Å². The Bertz CT molecular complexity index is 1430. The Balaban J connectivity index is 1.31. The summed E-state index contributed by atoms with van der Waals surface area (Å²) in [7, 11) is 1.64. The molecule has 2 unspecified atom stereocenters. The Morgan fingerprint density at radius 2 is 1.82 bits per heavy atom. The van der Waals surface area contributed by atoms with Crippen LogP contribution < -0.4 is 10.2 Å². The number of carbonyl (C=O) groups is 3. The average molecular weight is 550 g/mol. The van der Waals surface area contributed by atoms with Crippen LogP contribution in [0.5, 0.6) is 0 Å². The zero-order valence-electron chi connectivity index (χ0n) is 23.1. The molecule has 0 saturated heterocycles. The maximum absolute atomic E-state index is 15.2. The molecule has 2 aromatic carbocycles. The van der Waals surface area contributed by atoms with Crippen molar-refractivity contribution in [2.24, 2.45) is 23.7 Å². The van der Waals surface area contributed by atoms with Crippen molar-refractivity contribution in [1.29, 1.82) is 5.26 Å². The molecule has 1 N–H and O–H groups in total. The molecule has 1 heterocycles. The number of nitrogens with zero attached hydrogens (tertiary/aromatic N) is 2. The fraction of sp³-hybridized carbons (Fsp3) is 0.484. The fourth-order valence-electron chi connectivity index (χ4n) is 6.57. The number of carbonyl (C=O) groups excluding carboxylic acids is 3. The van der Waals surface area contributed by atoms with Gasteiger partial charge in [-0.15, -0.1) is 0 Å². The van der Waals surface area contributed by atoms with Gasteiger partial charge in [-0.25, -0.2) is 8.78 Å². The van der Waals surface area contributed by atoms with Gasteiger partial charge in [0.1, 0.15) is 23.3 Å². The van der Waals surface area contributed by atoms with Crippen LogP contribution in [0.25, 0.3) is 11.1 Å². The van der Waals surface area contributed by atoms with Gasteiger partial charge in [-0.1, -0.05) is 12.1 Å². The van der Waals surface area contributed by atoms with Crippen molar-refractivity contribution in [1.82, 2.24) is 5.32 Å². The molecule has 2 aliphatic carbocycles. The van der Waals surface area contributed by atoms with Gasteiger partial charge in [0.05, 0.1) is 24.3 Å². The number of nitriles is 1. The molecule has 2 saturated carbocycles. The van der Waals surface area contributed by atoms with E-state index < -0.39 is 47.0 Å². The van der Waals surface area contributed by atoms with Crippen LogP contribution in [0.3, 0.4) is 0 Å². The highest BCUT2D eigenvalue weighted by atomic mass is 19.1. The molecule has 2 amide bonds. The Morgan fingerprint density at radius 3 is 2.50 bits per heavy atom. The summed E-state index contributed by atoms with van der Waals surface area (Å²) in [5, 5.41) is 12.4. The van der Waals surface area contributed by atoms with Crippen LogP contribution in [0.15, 0.2) is 30.3 Å². The standard InChI is InChI=1S/C31H33F2N3O4/c1-31(2,3)40-30(39)28-19-8-7-18(9-19)27(28)29(38)35-21(15-34)10-20-11-24(33)22(14-23(20)32)16-5-6-17-13-26(37)36(4)25(17)12-16/h5-6,11-12,14,18-19,21,27-28H,7-10,13H2,1-4H3,(H,35,38)/t18-,19+,21?,27+,28?/m0/s1. The average Bonchev–Trinajstić information content (AvgIpc) is 3.58. The van der Waals surface area contributed by atoms with Crippen molar-refractivity contribution in [2.45, 2.75) is 64.5 Å². The highest BCUT2D eigenvalue weighted by molar-refractivity contribution is 6.01. The van der Waals surface area contributed by atoms with Gasteiger partial charge in [0.15, 0.2) is 0 Å². The van der Waals surface area contributed by atoms with E-state index in [1.165, 1.54) is 4.90 Å². The number of rotatable bonds is 6. The number of benzene rings is 2. The normalized spacial score (nSPS) is 24.0. The molecule has 5 atom stereocenters. The molecule has 0 aromatic heterocycles. The number of hydrogen-bond acceptors (Lipinski definition) is 5. The largest absolute Gasteiger partial charge is 0.460 e. The summed E-state index contributed by atoms with van der Waals surface area (Å²) >= 11 is 0. The summed E-state index contributed by atoms with van der Waals surface area (Å²) in [5.41, 5.74) is 1.22. The number of anilines is 1. The summed E-state index contributed by atoms with van der Waals surface area (Å²) in [5.74, 6) is -3.38. The van der Waals surface area contributed by atoms with Gasteiger partial charge in [-0.2, -0.15) is 5.26 Å². The lowest BCUT2D eigenvalue weighted by atomic mass is 9.78. The lowest BCUT2D eigenvalue weighted by Gasteiger charge is -2.31. The Hall–Kier alpha value is -3.80. The highest BCUT2D eigenvalue weighted by Crippen LogP contribution is 2.53. The number of ether oxygens (including phenoxy) is 1. The van der Waals surface area contributed by atoms with E-state index in [1.807, 2.05) is 6.07 Å². The van der Waals surface area contributed by atoms with Crippen LogP contribution in [0.1, 0.15) is 51.2 Å². The quantitative estimate of drug-likeness (QED) is 0.527. The molecule has 0 radical (unpaired) electrons. The molecule has 1 aliphatic heterocycles. The number of fused-ring (bicyclic) bond motifs is 3. The smallest absolute Gasteiger partial charge is 0.310 e. The second-order valence-electron chi connectivity index (χ2n) is 12.2. The predicted octanol–water partition coefficient (Wildman–Crippen LogP) is 4.71. The van der Waals surface area contributed by atoms with E-state index in [0.717, 1.165) is 37.0 Å². The van der Waals surface area contributed by atoms with Crippen molar-refractivity contribution in [3.05, 3.63) is 53.1 Å². The Labute approximate surface area is 232 Å². The minimum atomic E-state index is -1.11. The number of esters is 1. The minimum Gasteiger partial charge on any atom is -0.460 e. The zero-order chi connectivity index (χ0) is 28.9. The lowest BCUT2D eigenvalue weighted by Crippen LogP contribution is -2.46. The maximum atomic E-state index is 15.2. The van der Waals surface area contributed by atoms with Crippen molar-refractivity contribution in [2.75, 3.05) is 11.9 Å². The zero-order valence-corrected chi connectivity index (χ0v) is 23.1. The monoisotopic (exact) mass is 549 g/mol. The van der Waals surface area contributed by atoms with Crippen molar-refractivity contribution < 1.29 is 27.9 Å². The van der Waals surface area contributed by atoms with Crippen LogP contribution in [-0.2, 0) is 32.0 Å². The molecule has 210 valence electrons. The third-order valence-electron chi connectivity index (χ3n) is 8.40. The molecule has 3 aliphatic rings. The molecular formula is C31H33F2N3O4. The molecule has 40 heavy (non-hydrogen) atoms. The molecular weight excluding hydrogens is 516 g/mol. The topological polar surface area (TPSA) is 99.5 Å². The van der Waals surface area contributed by atoms with Crippen LogP contribution in [-0.4, -0.2) is 36.5 Å². The van der Waals surface area contributed by atoms with Crippen molar-refractivity contribution in [3.63, 3.8) is 0 Å². The van der Waals surface area contributed by atoms with Gasteiger partial charge in [0.25, 0.3) is 0 Å². The number of halogens is 2. The first kappa shape index (κ1) is 27.8. The first-order chi connectivity index (χ1) is 18.9. The summed E-state index contributed by atoms with van der Waals surface area (Å²) in [6.07, 6.45) is 2.47. The van der Waals surface area contributed by atoms with Gasteiger partial charge in [0, 0.05) is 24.7 Å². The van der Waals surface area contributed by atoms with Gasteiger partial charge >= 0.3 is 5.97 Å². The maximum Gasteiger partial charge on any atom is 0.310 e. The van der Waals surface area contributed by atoms with Gasteiger partial charge < -0.3 is 15.0 Å². The van der Waals surface area contributed by atoms with E-state index in [4.69, 9.17) is 4.74 Å². The number of amides is 2. The van der Waals surface area contributed by atoms with Crippen LogP contribution in [0.4, 0.5) is 14.5 Å². The highest BCUT2D eigenvalue weighted by Gasteiger charge is 2.55. The fourth-order valence-corrected chi connectivity index (χ4v) is 6.57. The molecule has 0 spiro atoms. The Morgan fingerprint density at radius 1 is 1.12 bits per heavy atom. The van der Waals surface area contributed by atoms with E-state index in [1.54, 1.807) is 46.0 Å². The van der Waals surface area contributed by atoms with E-state index >= 15 is 8.78 Å². The third kappa shape index (κ3) is 5.19. The van der Waals surface area contributed by atoms with Gasteiger partial charge in [-0.05, 0) is 86.8 Å². The van der Waals surface area contributed by atoms with Crippen LogP contribution in [0, 0.1) is 46.6 Å². The third-order valence-corrected chi connectivity index (χ3v) is 8.40. The van der Waals surface area contributed by atoms with Gasteiger partial charge in [0.2, 0.25) is 11.8 Å². The molecule has 7 nitrogen and oxygen atoms in total. The van der Waals surface area contributed by atoms with Crippen LogP contribution in [0.2, 0.25) is 0 Å². The first-order valence-electron chi connectivity index (χ1n) is 13.7. The second-order valence-corrected chi connectivity index (χ2v) is 12.2. The lowest BCUT2D eigenvalue weighted by molar-refractivity contribution is -0.166. The molecule has 2 aromatic rings. The van der Waals surface area contributed by atoms with Crippen molar-refractivity contribution in [3.8, 4) is 17.2 Å². The summed E-state index contributed by atoms with van der Waals surface area (Å²) < 4.78 is 36.0. The second kappa shape index (κ2) is 10.3. The number of hydrogen-bond donors (Lipinski definition) is 1. The SMILES string of the molecule is CN1C(=O)Cc2ccc(-c3cc(F)c(CC(C#N)NC(=O)[C@H]4C(C(=O)OC(C)(C)C)[C@@H]5CC[C@H]4C5)cc3F)cc21. The molecule has 5 rings (SSSR count). The summed E-state index contributed by atoms with van der Waals surface area (Å²) in [6, 6.07) is 8.05. The molecule has 2 bridgehead atoms. The number of likely N-dealkylation sites (N-methyl/N-ethyl adjacent to an activating group) is 1. The van der Waals surface area contributed by atoms with Gasteiger partial charge in [-0.3, -0.25) is 14.4 Å². The van der Waals surface area contributed by atoms with Crippen LogP contribution >= 0.6 is 0 Å². The first-order valence-corrected chi connectivity index (χ1v) is 13.7. The van der Waals surface area contributed by atoms with E-state index in [0.29, 0.717) is 11.3 Å². The summed E-state index contributed by atoms with van der Waals surface area (Å²) in [6.45, 7) is 5.34. The van der Waals surface area contributed by atoms with E-state index in [9.17, 15) is 19.6 Å². The van der Waals surface area contributed by atoms with E-state index in [2.05, 4.69) is 5.32 Å².